The van der Waals surface area contributed by atoms with E-state index in [1.54, 1.807) is 18.2 Å². The summed E-state index contributed by atoms with van der Waals surface area (Å²) in [5, 5.41) is -0.0781. The third-order valence-corrected chi connectivity index (χ3v) is 6.22. The van der Waals surface area contributed by atoms with Gasteiger partial charge >= 0.3 is 0 Å². The summed E-state index contributed by atoms with van der Waals surface area (Å²) in [4.78, 5) is 25.9. The number of nitrogens with zero attached hydrogens (tertiary/aromatic N) is 4. The van der Waals surface area contributed by atoms with Crippen molar-refractivity contribution >= 4 is 34.2 Å². The Morgan fingerprint density at radius 1 is 1.09 bits per heavy atom. The van der Waals surface area contributed by atoms with E-state index in [1.807, 2.05) is 4.90 Å². The first-order valence-electron chi connectivity index (χ1n) is 10.6. The molecule has 1 aromatic heterocycles. The molecule has 1 amide bonds. The monoisotopic (exact) mass is 484 g/mol. The number of amidine groups is 1. The third kappa shape index (κ3) is 4.07. The van der Waals surface area contributed by atoms with Crippen molar-refractivity contribution in [3.8, 4) is 22.8 Å². The van der Waals surface area contributed by atoms with Crippen LogP contribution in [0.1, 0.15) is 12.8 Å². The standard InChI is InChI=1S/C24H19ClF2N4O3/c1-33-18-11-17-15(24(29-12-28-17)14-2-3-16(26)22(25)23(14)27)10-19(18)34-13-6-8-31(9-7-13)20-4-5-21(32)30-20/h2-5,10-13H,6-9H2,1H3. The first kappa shape index (κ1) is 22.2. The fourth-order valence-electron chi connectivity index (χ4n) is 4.13. The van der Waals surface area contributed by atoms with Gasteiger partial charge in [0.05, 0.1) is 18.3 Å². The molecule has 3 heterocycles. The highest BCUT2D eigenvalue weighted by Gasteiger charge is 2.25. The Balaban J connectivity index is 1.45. The van der Waals surface area contributed by atoms with Crippen LogP contribution in [0, 0.1) is 11.6 Å². The van der Waals surface area contributed by atoms with Crippen molar-refractivity contribution in [3.05, 3.63) is 59.4 Å². The van der Waals surface area contributed by atoms with E-state index in [-0.39, 0.29) is 23.3 Å². The fraction of sp³-hybridized carbons (Fsp3) is 0.250. The maximum Gasteiger partial charge on any atom is 0.271 e. The van der Waals surface area contributed by atoms with Gasteiger partial charge in [-0.25, -0.2) is 18.7 Å². The van der Waals surface area contributed by atoms with Crippen molar-refractivity contribution in [2.75, 3.05) is 20.2 Å². The normalized spacial score (nSPS) is 16.3. The number of benzene rings is 2. The van der Waals surface area contributed by atoms with E-state index in [0.29, 0.717) is 54.2 Å². The topological polar surface area (TPSA) is 76.9 Å². The van der Waals surface area contributed by atoms with E-state index in [4.69, 9.17) is 21.1 Å². The molecule has 0 unspecified atom stereocenters. The highest BCUT2D eigenvalue weighted by Crippen LogP contribution is 2.38. The molecule has 5 rings (SSSR count). The van der Waals surface area contributed by atoms with E-state index < -0.39 is 16.7 Å². The molecule has 0 atom stereocenters. The van der Waals surface area contributed by atoms with Crippen LogP contribution in [0.4, 0.5) is 8.78 Å². The Kier molecular flexibility index (Phi) is 5.87. The number of aromatic nitrogens is 2. The SMILES string of the molecule is COc1cc2ncnc(-c3ccc(F)c(Cl)c3F)c2cc1OC1CCN(C2=NC(=O)C=C2)CC1. The van der Waals surface area contributed by atoms with Gasteiger partial charge in [-0.2, -0.15) is 4.99 Å². The smallest absolute Gasteiger partial charge is 0.271 e. The summed E-state index contributed by atoms with van der Waals surface area (Å²) in [6.45, 7) is 1.37. The third-order valence-electron chi connectivity index (χ3n) is 5.87. The number of carbonyl (C=O) groups excluding carboxylic acids is 1. The maximum absolute atomic E-state index is 14.8. The molecule has 0 saturated carbocycles. The second-order valence-electron chi connectivity index (χ2n) is 7.91. The van der Waals surface area contributed by atoms with Crippen molar-refractivity contribution in [2.45, 2.75) is 18.9 Å². The zero-order valence-corrected chi connectivity index (χ0v) is 18.9. The fourth-order valence-corrected chi connectivity index (χ4v) is 4.30. The molecule has 2 aromatic carbocycles. The van der Waals surface area contributed by atoms with Crippen molar-refractivity contribution < 1.29 is 23.0 Å². The van der Waals surface area contributed by atoms with Crippen LogP contribution in [0.15, 0.2) is 47.7 Å². The van der Waals surface area contributed by atoms with Gasteiger partial charge in [0.2, 0.25) is 0 Å². The van der Waals surface area contributed by atoms with Crippen molar-refractivity contribution in [1.82, 2.24) is 14.9 Å². The van der Waals surface area contributed by atoms with E-state index in [1.165, 1.54) is 25.6 Å². The molecular weight excluding hydrogens is 466 g/mol. The minimum Gasteiger partial charge on any atom is -0.493 e. The molecule has 0 bridgehead atoms. The van der Waals surface area contributed by atoms with Crippen LogP contribution in [0.25, 0.3) is 22.2 Å². The van der Waals surface area contributed by atoms with Gasteiger partial charge in [-0.3, -0.25) is 4.79 Å². The average Bonchev–Trinajstić information content (AvgIpc) is 3.29. The minimum atomic E-state index is -0.894. The summed E-state index contributed by atoms with van der Waals surface area (Å²) in [5.41, 5.74) is 0.838. The molecule has 2 aliphatic heterocycles. The number of fused-ring (bicyclic) bond motifs is 1. The van der Waals surface area contributed by atoms with Crippen LogP contribution < -0.4 is 9.47 Å². The van der Waals surface area contributed by atoms with Gasteiger partial charge in [-0.1, -0.05) is 11.6 Å². The number of aliphatic imine (C=N–C) groups is 1. The molecule has 2 aliphatic rings. The Hall–Kier alpha value is -3.59. The van der Waals surface area contributed by atoms with Crippen molar-refractivity contribution in [1.29, 1.82) is 0 Å². The summed E-state index contributed by atoms with van der Waals surface area (Å²) < 4.78 is 40.2. The van der Waals surface area contributed by atoms with Crippen LogP contribution in [-0.4, -0.2) is 52.9 Å². The van der Waals surface area contributed by atoms with Crippen LogP contribution >= 0.6 is 11.6 Å². The summed E-state index contributed by atoms with van der Waals surface area (Å²) in [7, 11) is 1.53. The Morgan fingerprint density at radius 2 is 1.88 bits per heavy atom. The van der Waals surface area contributed by atoms with Crippen LogP contribution in [-0.2, 0) is 4.79 Å². The summed E-state index contributed by atoms with van der Waals surface area (Å²) in [6.07, 6.45) is 5.79. The second-order valence-corrected chi connectivity index (χ2v) is 8.29. The van der Waals surface area contributed by atoms with Crippen molar-refractivity contribution in [2.24, 2.45) is 4.99 Å². The average molecular weight is 485 g/mol. The number of likely N-dealkylation sites (tertiary alicyclic amines) is 1. The van der Waals surface area contributed by atoms with Crippen molar-refractivity contribution in [3.63, 3.8) is 0 Å². The van der Waals surface area contributed by atoms with Gasteiger partial charge in [0, 0.05) is 49.0 Å². The lowest BCUT2D eigenvalue weighted by Crippen LogP contribution is -2.40. The molecule has 7 nitrogen and oxygen atoms in total. The van der Waals surface area contributed by atoms with Crippen LogP contribution in [0.2, 0.25) is 5.02 Å². The van der Waals surface area contributed by atoms with Crippen LogP contribution in [0.3, 0.4) is 0 Å². The highest BCUT2D eigenvalue weighted by molar-refractivity contribution is 6.31. The zero-order chi connectivity index (χ0) is 23.8. The summed E-state index contributed by atoms with van der Waals surface area (Å²) >= 11 is 5.79. The molecule has 1 saturated heterocycles. The first-order chi connectivity index (χ1) is 16.4. The number of amides is 1. The van der Waals surface area contributed by atoms with Gasteiger partial charge in [-0.15, -0.1) is 0 Å². The maximum atomic E-state index is 14.8. The molecular formula is C24H19ClF2N4O3. The molecule has 3 aromatic rings. The minimum absolute atomic E-state index is 0.0585. The summed E-state index contributed by atoms with van der Waals surface area (Å²) in [5.74, 6) is -0.367. The van der Waals surface area contributed by atoms with Gasteiger partial charge in [-0.05, 0) is 24.3 Å². The number of carbonyl (C=O) groups is 1. The van der Waals surface area contributed by atoms with E-state index in [0.717, 1.165) is 6.07 Å². The predicted octanol–water partition coefficient (Wildman–Crippen LogP) is 4.58. The second kappa shape index (κ2) is 8.98. The number of ether oxygens (including phenoxy) is 2. The molecule has 174 valence electrons. The molecule has 0 N–H and O–H groups in total. The number of rotatable bonds is 4. The van der Waals surface area contributed by atoms with Gasteiger partial charge in [0.15, 0.2) is 17.3 Å². The number of halogens is 3. The zero-order valence-electron chi connectivity index (χ0n) is 18.1. The lowest BCUT2D eigenvalue weighted by Gasteiger charge is -2.33. The molecule has 34 heavy (non-hydrogen) atoms. The Bertz CT molecular complexity index is 1350. The van der Waals surface area contributed by atoms with Gasteiger partial charge < -0.3 is 14.4 Å². The summed E-state index contributed by atoms with van der Waals surface area (Å²) in [6, 6.07) is 5.79. The molecule has 10 heteroatoms. The van der Waals surface area contributed by atoms with Crippen LogP contribution in [0.5, 0.6) is 11.5 Å². The molecule has 0 spiro atoms. The van der Waals surface area contributed by atoms with Gasteiger partial charge in [0.1, 0.15) is 29.1 Å². The van der Waals surface area contributed by atoms with E-state index in [2.05, 4.69) is 15.0 Å². The number of methoxy groups -OCH3 is 1. The quantitative estimate of drug-likeness (QED) is 0.505. The molecule has 0 aliphatic carbocycles. The lowest BCUT2D eigenvalue weighted by atomic mass is 10.0. The van der Waals surface area contributed by atoms with Gasteiger partial charge in [0.25, 0.3) is 5.91 Å². The molecule has 0 radical (unpaired) electrons. The lowest BCUT2D eigenvalue weighted by molar-refractivity contribution is -0.113. The highest BCUT2D eigenvalue weighted by atomic mass is 35.5. The largest absolute Gasteiger partial charge is 0.493 e. The first-order valence-corrected chi connectivity index (χ1v) is 11.0. The van der Waals surface area contributed by atoms with E-state index >= 15 is 0 Å². The number of hydrogen-bond acceptors (Lipinski definition) is 6. The molecule has 1 fully saturated rings. The predicted molar refractivity (Wildman–Crippen MR) is 123 cm³/mol. The Morgan fingerprint density at radius 3 is 2.59 bits per heavy atom. The number of piperidine rings is 1. The van der Waals surface area contributed by atoms with E-state index in [9.17, 15) is 13.6 Å². The number of hydrogen-bond donors (Lipinski definition) is 0. The Labute approximate surface area is 198 Å².